The van der Waals surface area contributed by atoms with Gasteiger partial charge in [0.2, 0.25) is 5.91 Å². The van der Waals surface area contributed by atoms with Gasteiger partial charge >= 0.3 is 5.97 Å². The van der Waals surface area contributed by atoms with Crippen LogP contribution >= 0.6 is 0 Å². The van der Waals surface area contributed by atoms with Crippen LogP contribution in [-0.4, -0.2) is 36.7 Å². The Bertz CT molecular complexity index is 698. The third-order valence-electron chi connectivity index (χ3n) is 7.28. The lowest BCUT2D eigenvalue weighted by Gasteiger charge is -2.39. The van der Waals surface area contributed by atoms with Crippen molar-refractivity contribution < 1.29 is 19.4 Å². The van der Waals surface area contributed by atoms with Crippen LogP contribution in [0.3, 0.4) is 0 Å². The summed E-state index contributed by atoms with van der Waals surface area (Å²) in [5, 5.41) is 12.9. The van der Waals surface area contributed by atoms with E-state index in [-0.39, 0.29) is 17.9 Å². The summed E-state index contributed by atoms with van der Waals surface area (Å²) in [6.07, 6.45) is 6.08. The number of hydrogen-bond acceptors (Lipinski definition) is 3. The number of carbonyl (C=O) groups excluding carboxylic acids is 1. The normalized spacial score (nSPS) is 31.6. The largest absolute Gasteiger partial charge is 0.481 e. The molecule has 1 aliphatic heterocycles. The molecule has 3 aliphatic rings. The fourth-order valence-electron chi connectivity index (χ4n) is 5.63. The fourth-order valence-corrected chi connectivity index (χ4v) is 5.63. The van der Waals surface area contributed by atoms with E-state index in [2.05, 4.69) is 17.4 Å². The third-order valence-corrected chi connectivity index (χ3v) is 7.28. The fraction of sp³-hybridized carbons (Fsp3) is 0.636. The van der Waals surface area contributed by atoms with Crippen molar-refractivity contribution in [3.63, 3.8) is 0 Å². The summed E-state index contributed by atoms with van der Waals surface area (Å²) in [7, 11) is 0. The van der Waals surface area contributed by atoms with E-state index in [0.717, 1.165) is 25.7 Å². The first kappa shape index (κ1) is 18.5. The molecule has 2 aliphatic carbocycles. The van der Waals surface area contributed by atoms with E-state index in [9.17, 15) is 14.7 Å². The summed E-state index contributed by atoms with van der Waals surface area (Å²) in [6.45, 7) is 1.10. The number of rotatable bonds is 6. The van der Waals surface area contributed by atoms with E-state index < -0.39 is 11.4 Å². The van der Waals surface area contributed by atoms with Crippen molar-refractivity contribution in [2.45, 2.75) is 44.9 Å². The Labute approximate surface area is 160 Å². The standard InChI is InChI=1S/C22H29NO4/c24-19(23-15-21(20(25)26)8-10-27-11-9-21)22(13-16-4-2-1-3-5-16)14-17-6-7-18(22)12-17/h1-5,17-18H,6-15H2,(H,23,24)(H,25,26). The van der Waals surface area contributed by atoms with E-state index in [1.807, 2.05) is 18.2 Å². The van der Waals surface area contributed by atoms with Crippen molar-refractivity contribution in [1.29, 1.82) is 0 Å². The average molecular weight is 371 g/mol. The molecule has 1 aromatic carbocycles. The van der Waals surface area contributed by atoms with E-state index >= 15 is 0 Å². The van der Waals surface area contributed by atoms with Crippen LogP contribution in [0.15, 0.2) is 30.3 Å². The molecule has 0 aromatic heterocycles. The first-order valence-corrected chi connectivity index (χ1v) is 10.2. The van der Waals surface area contributed by atoms with Crippen molar-refractivity contribution in [2.24, 2.45) is 22.7 Å². The highest BCUT2D eigenvalue weighted by atomic mass is 16.5. The van der Waals surface area contributed by atoms with E-state index in [1.54, 1.807) is 0 Å². The molecule has 3 unspecified atom stereocenters. The molecule has 5 nitrogen and oxygen atoms in total. The van der Waals surface area contributed by atoms with Crippen LogP contribution in [-0.2, 0) is 20.7 Å². The summed E-state index contributed by atoms with van der Waals surface area (Å²) < 4.78 is 5.34. The van der Waals surface area contributed by atoms with Crippen molar-refractivity contribution in [3.8, 4) is 0 Å². The van der Waals surface area contributed by atoms with Gasteiger partial charge in [0.15, 0.2) is 0 Å². The minimum absolute atomic E-state index is 0.0608. The maximum Gasteiger partial charge on any atom is 0.311 e. The lowest BCUT2D eigenvalue weighted by atomic mass is 9.68. The van der Waals surface area contributed by atoms with Gasteiger partial charge in [0, 0.05) is 19.8 Å². The van der Waals surface area contributed by atoms with E-state index in [1.165, 1.54) is 12.0 Å². The molecule has 2 bridgehead atoms. The predicted octanol–water partition coefficient (Wildman–Crippen LogP) is 3.03. The number of hydrogen-bond donors (Lipinski definition) is 2. The number of ether oxygens (including phenoxy) is 1. The number of amides is 1. The molecule has 146 valence electrons. The molecule has 1 saturated heterocycles. The molecule has 1 heterocycles. The topological polar surface area (TPSA) is 75.6 Å². The van der Waals surface area contributed by atoms with Crippen LogP contribution in [0.1, 0.15) is 44.1 Å². The molecule has 2 N–H and O–H groups in total. The quantitative estimate of drug-likeness (QED) is 0.806. The molecule has 0 spiro atoms. The zero-order valence-corrected chi connectivity index (χ0v) is 15.8. The SMILES string of the molecule is O=C(O)C1(CNC(=O)C2(Cc3ccccc3)CC3CCC2C3)CCOCC1. The molecule has 2 saturated carbocycles. The van der Waals surface area contributed by atoms with Crippen LogP contribution in [0.4, 0.5) is 0 Å². The molecule has 0 radical (unpaired) electrons. The first-order chi connectivity index (χ1) is 13.0. The summed E-state index contributed by atoms with van der Waals surface area (Å²) in [4.78, 5) is 25.3. The highest BCUT2D eigenvalue weighted by Gasteiger charge is 2.55. The van der Waals surface area contributed by atoms with Gasteiger partial charge in [-0.25, -0.2) is 0 Å². The Balaban J connectivity index is 1.52. The molecule has 5 heteroatoms. The molecule has 1 amide bonds. The number of benzene rings is 1. The van der Waals surface area contributed by atoms with Gasteiger partial charge < -0.3 is 15.2 Å². The third kappa shape index (κ3) is 3.38. The van der Waals surface area contributed by atoms with E-state index in [0.29, 0.717) is 37.9 Å². The zero-order valence-electron chi connectivity index (χ0n) is 15.8. The summed E-state index contributed by atoms with van der Waals surface area (Å²) in [5.74, 6) is 0.293. The van der Waals surface area contributed by atoms with Crippen molar-refractivity contribution in [3.05, 3.63) is 35.9 Å². The van der Waals surface area contributed by atoms with Crippen molar-refractivity contribution in [2.75, 3.05) is 19.8 Å². The predicted molar refractivity (Wildman–Crippen MR) is 101 cm³/mol. The second-order valence-electron chi connectivity index (χ2n) is 8.78. The van der Waals surface area contributed by atoms with Gasteiger partial charge in [-0.1, -0.05) is 36.8 Å². The summed E-state index contributed by atoms with van der Waals surface area (Å²) in [5.41, 5.74) is -0.0755. The lowest BCUT2D eigenvalue weighted by Crippen LogP contribution is -2.52. The minimum Gasteiger partial charge on any atom is -0.481 e. The molecular weight excluding hydrogens is 342 g/mol. The van der Waals surface area contributed by atoms with Gasteiger partial charge in [0.1, 0.15) is 0 Å². The highest BCUT2D eigenvalue weighted by molar-refractivity contribution is 5.85. The Morgan fingerprint density at radius 2 is 1.89 bits per heavy atom. The summed E-state index contributed by atoms with van der Waals surface area (Å²) in [6, 6.07) is 10.2. The number of carboxylic acids is 1. The van der Waals surface area contributed by atoms with Gasteiger partial charge in [0.05, 0.1) is 10.8 Å². The molecule has 3 fully saturated rings. The Hall–Kier alpha value is -1.88. The van der Waals surface area contributed by atoms with Crippen LogP contribution in [0.25, 0.3) is 0 Å². The maximum absolute atomic E-state index is 13.4. The van der Waals surface area contributed by atoms with Gasteiger partial charge in [-0.15, -0.1) is 0 Å². The molecule has 27 heavy (non-hydrogen) atoms. The Morgan fingerprint density at radius 1 is 1.15 bits per heavy atom. The van der Waals surface area contributed by atoms with Gasteiger partial charge in [-0.05, 0) is 55.9 Å². The van der Waals surface area contributed by atoms with Crippen LogP contribution in [0, 0.1) is 22.7 Å². The van der Waals surface area contributed by atoms with Crippen molar-refractivity contribution in [1.82, 2.24) is 5.32 Å². The average Bonchev–Trinajstić information content (AvgIpc) is 3.29. The molecule has 3 atom stereocenters. The number of fused-ring (bicyclic) bond motifs is 2. The minimum atomic E-state index is -0.889. The van der Waals surface area contributed by atoms with Crippen LogP contribution in [0.2, 0.25) is 0 Å². The summed E-state index contributed by atoms with van der Waals surface area (Å²) >= 11 is 0. The molecule has 4 rings (SSSR count). The van der Waals surface area contributed by atoms with Gasteiger partial charge in [-0.3, -0.25) is 9.59 Å². The number of aliphatic carboxylic acids is 1. The van der Waals surface area contributed by atoms with Crippen molar-refractivity contribution >= 4 is 11.9 Å². The second-order valence-corrected chi connectivity index (χ2v) is 8.78. The number of carbonyl (C=O) groups is 2. The Kier molecular flexibility index (Phi) is 4.97. The maximum atomic E-state index is 13.4. The number of nitrogens with one attached hydrogen (secondary N) is 1. The zero-order chi connectivity index (χ0) is 18.9. The van der Waals surface area contributed by atoms with Crippen LogP contribution in [0.5, 0.6) is 0 Å². The smallest absolute Gasteiger partial charge is 0.311 e. The van der Waals surface area contributed by atoms with E-state index in [4.69, 9.17) is 4.74 Å². The number of carboxylic acid groups (broad SMARTS) is 1. The highest BCUT2D eigenvalue weighted by Crippen LogP contribution is 2.57. The first-order valence-electron chi connectivity index (χ1n) is 10.2. The van der Waals surface area contributed by atoms with Gasteiger partial charge in [0.25, 0.3) is 0 Å². The Morgan fingerprint density at radius 3 is 2.48 bits per heavy atom. The van der Waals surface area contributed by atoms with Crippen LogP contribution < -0.4 is 5.32 Å². The van der Waals surface area contributed by atoms with Gasteiger partial charge in [-0.2, -0.15) is 0 Å². The second kappa shape index (κ2) is 7.27. The lowest BCUT2D eigenvalue weighted by molar-refractivity contribution is -0.155. The molecular formula is C22H29NO4. The monoisotopic (exact) mass is 371 g/mol. The molecule has 1 aromatic rings.